The minimum Gasteiger partial charge on any atom is -0.465 e. The Hall–Kier alpha value is -2.48. The number of methoxy groups -OCH3 is 1. The first kappa shape index (κ1) is 15.4. The molecule has 0 aliphatic heterocycles. The summed E-state index contributed by atoms with van der Waals surface area (Å²) in [5.74, 6) is -0.490. The molecule has 3 rings (SSSR count). The van der Waals surface area contributed by atoms with Crippen LogP contribution in [0, 0.1) is 12.7 Å². The van der Waals surface area contributed by atoms with Crippen LogP contribution < -0.4 is 5.32 Å². The van der Waals surface area contributed by atoms with E-state index in [0.717, 1.165) is 0 Å². The lowest BCUT2D eigenvalue weighted by molar-refractivity contribution is 0.0600. The van der Waals surface area contributed by atoms with Crippen molar-refractivity contribution in [1.82, 2.24) is 14.6 Å². The van der Waals surface area contributed by atoms with Crippen molar-refractivity contribution in [3.05, 3.63) is 52.1 Å². The molecular formula is C15H12BrFN4O2. The summed E-state index contributed by atoms with van der Waals surface area (Å²) in [6, 6.07) is 4.66. The zero-order valence-corrected chi connectivity index (χ0v) is 13.9. The molecule has 0 aliphatic carbocycles. The highest BCUT2D eigenvalue weighted by atomic mass is 79.9. The molecule has 2 heterocycles. The summed E-state index contributed by atoms with van der Waals surface area (Å²) in [7, 11) is 1.31. The van der Waals surface area contributed by atoms with Crippen LogP contribution in [0.5, 0.6) is 0 Å². The van der Waals surface area contributed by atoms with E-state index in [-0.39, 0.29) is 5.69 Å². The molecule has 6 nitrogen and oxygen atoms in total. The first-order valence-electron chi connectivity index (χ1n) is 6.64. The molecule has 1 aromatic carbocycles. The van der Waals surface area contributed by atoms with E-state index in [9.17, 15) is 9.18 Å². The van der Waals surface area contributed by atoms with Gasteiger partial charge in [0.25, 0.3) is 0 Å². The van der Waals surface area contributed by atoms with Crippen LogP contribution in [-0.4, -0.2) is 27.7 Å². The van der Waals surface area contributed by atoms with Crippen LogP contribution in [0.15, 0.2) is 35.2 Å². The van der Waals surface area contributed by atoms with Crippen molar-refractivity contribution in [3.63, 3.8) is 0 Å². The lowest BCUT2D eigenvalue weighted by atomic mass is 10.2. The zero-order chi connectivity index (χ0) is 16.6. The standard InChI is InChI=1S/C15H12BrFN4O2/c1-8-10(15(22)23-2)6-21-13(8)14(18-7-19-21)20-12-4-3-9(16)5-11(12)17/h3-7H,1-2H3,(H,18,19,20). The highest BCUT2D eigenvalue weighted by molar-refractivity contribution is 9.10. The smallest absolute Gasteiger partial charge is 0.339 e. The number of nitrogens with zero attached hydrogens (tertiary/aromatic N) is 3. The fraction of sp³-hybridized carbons (Fsp3) is 0.133. The number of esters is 1. The Kier molecular flexibility index (Phi) is 3.99. The number of hydrogen-bond donors (Lipinski definition) is 1. The Balaban J connectivity index is 2.11. The van der Waals surface area contributed by atoms with Gasteiger partial charge in [0.1, 0.15) is 17.7 Å². The van der Waals surface area contributed by atoms with Gasteiger partial charge >= 0.3 is 5.97 Å². The molecule has 0 bridgehead atoms. The lowest BCUT2D eigenvalue weighted by Gasteiger charge is -2.09. The summed E-state index contributed by atoms with van der Waals surface area (Å²) in [5.41, 5.74) is 1.88. The van der Waals surface area contributed by atoms with Gasteiger partial charge in [-0.1, -0.05) is 15.9 Å². The highest BCUT2D eigenvalue weighted by Crippen LogP contribution is 2.27. The molecule has 0 saturated heterocycles. The van der Waals surface area contributed by atoms with Gasteiger partial charge in [-0.15, -0.1) is 0 Å². The second-order valence-electron chi connectivity index (χ2n) is 4.81. The van der Waals surface area contributed by atoms with E-state index in [1.54, 1.807) is 25.3 Å². The van der Waals surface area contributed by atoms with E-state index in [2.05, 4.69) is 31.3 Å². The average molecular weight is 379 g/mol. The summed E-state index contributed by atoms with van der Waals surface area (Å²) in [4.78, 5) is 15.9. The molecule has 118 valence electrons. The SMILES string of the molecule is COC(=O)c1cn2ncnc(Nc3ccc(Br)cc3F)c2c1C. The molecule has 0 radical (unpaired) electrons. The molecular weight excluding hydrogens is 367 g/mol. The number of aryl methyl sites for hydroxylation is 1. The topological polar surface area (TPSA) is 68.5 Å². The van der Waals surface area contributed by atoms with E-state index < -0.39 is 11.8 Å². The molecule has 0 aliphatic rings. The number of anilines is 2. The van der Waals surface area contributed by atoms with Gasteiger partial charge in [0.05, 0.1) is 18.4 Å². The number of hydrogen-bond acceptors (Lipinski definition) is 5. The molecule has 0 saturated carbocycles. The number of benzene rings is 1. The molecule has 23 heavy (non-hydrogen) atoms. The average Bonchev–Trinajstić information content (AvgIpc) is 2.87. The summed E-state index contributed by atoms with van der Waals surface area (Å²) in [6.45, 7) is 1.76. The Labute approximate surface area is 139 Å². The maximum absolute atomic E-state index is 14.0. The van der Waals surface area contributed by atoms with Crippen molar-refractivity contribution >= 4 is 38.9 Å². The molecule has 1 N–H and O–H groups in total. The fourth-order valence-electron chi connectivity index (χ4n) is 2.29. The van der Waals surface area contributed by atoms with Crippen molar-refractivity contribution in [2.75, 3.05) is 12.4 Å². The number of carbonyl (C=O) groups is 1. The van der Waals surface area contributed by atoms with Gasteiger partial charge in [-0.3, -0.25) is 0 Å². The lowest BCUT2D eigenvalue weighted by Crippen LogP contribution is -2.02. The Morgan fingerprint density at radius 2 is 2.22 bits per heavy atom. The van der Waals surface area contributed by atoms with Crippen molar-refractivity contribution < 1.29 is 13.9 Å². The number of rotatable bonds is 3. The van der Waals surface area contributed by atoms with Crippen molar-refractivity contribution in [2.24, 2.45) is 0 Å². The molecule has 8 heteroatoms. The van der Waals surface area contributed by atoms with Gasteiger partial charge in [-0.2, -0.15) is 5.10 Å². The largest absolute Gasteiger partial charge is 0.465 e. The first-order valence-corrected chi connectivity index (χ1v) is 7.44. The monoisotopic (exact) mass is 378 g/mol. The molecule has 3 aromatic rings. The molecule has 2 aromatic heterocycles. The number of aromatic nitrogens is 3. The summed E-state index contributed by atoms with van der Waals surface area (Å²) < 4.78 is 20.9. The first-order chi connectivity index (χ1) is 11.0. The second-order valence-corrected chi connectivity index (χ2v) is 5.73. The summed E-state index contributed by atoms with van der Waals surface area (Å²) in [5, 5.41) is 7.01. The third-order valence-electron chi connectivity index (χ3n) is 3.42. The number of carbonyl (C=O) groups excluding carboxylic acids is 1. The van der Waals surface area contributed by atoms with Crippen molar-refractivity contribution in [3.8, 4) is 0 Å². The number of nitrogens with one attached hydrogen (secondary N) is 1. The van der Waals surface area contributed by atoms with Crippen molar-refractivity contribution in [2.45, 2.75) is 6.92 Å². The minimum atomic E-state index is -0.464. The van der Waals surface area contributed by atoms with E-state index in [1.165, 1.54) is 24.0 Å². The molecule has 0 amide bonds. The van der Waals surface area contributed by atoms with Crippen LogP contribution in [0.2, 0.25) is 0 Å². The van der Waals surface area contributed by atoms with Gasteiger partial charge in [0.2, 0.25) is 0 Å². The maximum Gasteiger partial charge on any atom is 0.339 e. The fourth-order valence-corrected chi connectivity index (χ4v) is 2.62. The Morgan fingerprint density at radius 3 is 2.91 bits per heavy atom. The predicted molar refractivity (Wildman–Crippen MR) is 86.4 cm³/mol. The van der Waals surface area contributed by atoms with E-state index in [0.29, 0.717) is 26.9 Å². The van der Waals surface area contributed by atoms with Crippen LogP contribution in [0.4, 0.5) is 15.9 Å². The van der Waals surface area contributed by atoms with Crippen LogP contribution in [0.25, 0.3) is 5.52 Å². The molecule has 0 spiro atoms. The number of halogens is 2. The maximum atomic E-state index is 14.0. The van der Waals surface area contributed by atoms with Crippen LogP contribution in [0.3, 0.4) is 0 Å². The summed E-state index contributed by atoms with van der Waals surface area (Å²) in [6.07, 6.45) is 2.88. The van der Waals surface area contributed by atoms with Gasteiger partial charge in [0.15, 0.2) is 5.82 Å². The van der Waals surface area contributed by atoms with Gasteiger partial charge in [-0.05, 0) is 30.7 Å². The molecule has 0 fully saturated rings. The van der Waals surface area contributed by atoms with Crippen LogP contribution >= 0.6 is 15.9 Å². The summed E-state index contributed by atoms with van der Waals surface area (Å²) >= 11 is 3.21. The van der Waals surface area contributed by atoms with Crippen LogP contribution in [-0.2, 0) is 4.74 Å². The van der Waals surface area contributed by atoms with Gasteiger partial charge < -0.3 is 10.1 Å². The quantitative estimate of drug-likeness (QED) is 0.706. The van der Waals surface area contributed by atoms with E-state index in [1.807, 2.05) is 0 Å². The Bertz CT molecular complexity index is 910. The van der Waals surface area contributed by atoms with E-state index >= 15 is 0 Å². The predicted octanol–water partition coefficient (Wildman–Crippen LogP) is 3.47. The normalized spacial score (nSPS) is 10.8. The van der Waals surface area contributed by atoms with Gasteiger partial charge in [-0.25, -0.2) is 18.7 Å². The third kappa shape index (κ3) is 2.77. The minimum absolute atomic E-state index is 0.272. The number of ether oxygens (including phenoxy) is 1. The zero-order valence-electron chi connectivity index (χ0n) is 12.3. The number of fused-ring (bicyclic) bond motifs is 1. The molecule has 0 atom stereocenters. The van der Waals surface area contributed by atoms with Crippen LogP contribution in [0.1, 0.15) is 15.9 Å². The van der Waals surface area contributed by atoms with E-state index in [4.69, 9.17) is 4.74 Å². The second kappa shape index (κ2) is 5.96. The Morgan fingerprint density at radius 1 is 1.43 bits per heavy atom. The van der Waals surface area contributed by atoms with Gasteiger partial charge in [0, 0.05) is 10.7 Å². The highest BCUT2D eigenvalue weighted by Gasteiger charge is 2.18. The van der Waals surface area contributed by atoms with Crippen molar-refractivity contribution in [1.29, 1.82) is 0 Å². The third-order valence-corrected chi connectivity index (χ3v) is 3.91. The molecule has 0 unspecified atom stereocenters.